The highest BCUT2D eigenvalue weighted by Gasteiger charge is 2.07. The number of carboxylic acid groups (broad SMARTS) is 1. The molecular formula is C14H18N2O3. The molecule has 0 aliphatic rings. The Kier molecular flexibility index (Phi) is 5.60. The lowest BCUT2D eigenvalue weighted by molar-refractivity contribution is -0.136. The Morgan fingerprint density at radius 1 is 1.47 bits per heavy atom. The number of hydrogen-bond donors (Lipinski definition) is 3. The van der Waals surface area contributed by atoms with Gasteiger partial charge in [-0.2, -0.15) is 0 Å². The monoisotopic (exact) mass is 262 g/mol. The summed E-state index contributed by atoms with van der Waals surface area (Å²) < 4.78 is 0. The van der Waals surface area contributed by atoms with Gasteiger partial charge in [-0.05, 0) is 31.0 Å². The zero-order valence-electron chi connectivity index (χ0n) is 10.8. The van der Waals surface area contributed by atoms with Gasteiger partial charge in [-0.15, -0.1) is 6.58 Å². The molecule has 0 saturated heterocycles. The molecule has 1 aromatic rings. The Balaban J connectivity index is 2.58. The van der Waals surface area contributed by atoms with E-state index in [0.29, 0.717) is 17.7 Å². The number of hydrogen-bond acceptors (Lipinski definition) is 2. The van der Waals surface area contributed by atoms with Crippen LogP contribution in [-0.2, 0) is 11.2 Å². The summed E-state index contributed by atoms with van der Waals surface area (Å²) >= 11 is 0. The Morgan fingerprint density at radius 2 is 2.21 bits per heavy atom. The first-order chi connectivity index (χ1) is 9.01. The summed E-state index contributed by atoms with van der Waals surface area (Å²) in [4.78, 5) is 22.3. The SMILES string of the molecule is C=CCC(C)NC(=O)Nc1cccc(CC(=O)O)c1. The number of nitrogens with one attached hydrogen (secondary N) is 2. The predicted molar refractivity (Wildman–Crippen MR) is 74.2 cm³/mol. The quantitative estimate of drug-likeness (QED) is 0.689. The van der Waals surface area contributed by atoms with Gasteiger partial charge in [0, 0.05) is 11.7 Å². The maximum Gasteiger partial charge on any atom is 0.319 e. The zero-order valence-corrected chi connectivity index (χ0v) is 10.8. The molecule has 0 spiro atoms. The molecule has 1 rings (SSSR count). The first-order valence-electron chi connectivity index (χ1n) is 6.00. The van der Waals surface area contributed by atoms with Crippen LogP contribution in [-0.4, -0.2) is 23.1 Å². The maximum absolute atomic E-state index is 11.7. The minimum Gasteiger partial charge on any atom is -0.481 e. The molecule has 0 aromatic heterocycles. The van der Waals surface area contributed by atoms with Gasteiger partial charge < -0.3 is 15.7 Å². The number of aliphatic carboxylic acids is 1. The van der Waals surface area contributed by atoms with Crippen LogP contribution >= 0.6 is 0 Å². The van der Waals surface area contributed by atoms with Crippen LogP contribution in [0.5, 0.6) is 0 Å². The van der Waals surface area contributed by atoms with Crippen LogP contribution in [0.1, 0.15) is 18.9 Å². The highest BCUT2D eigenvalue weighted by molar-refractivity contribution is 5.89. The van der Waals surface area contributed by atoms with E-state index in [4.69, 9.17) is 5.11 Å². The highest BCUT2D eigenvalue weighted by atomic mass is 16.4. The van der Waals surface area contributed by atoms with Gasteiger partial charge >= 0.3 is 12.0 Å². The fourth-order valence-corrected chi connectivity index (χ4v) is 1.63. The molecule has 0 saturated carbocycles. The summed E-state index contributed by atoms with van der Waals surface area (Å²) in [5.74, 6) is -0.902. The van der Waals surface area contributed by atoms with E-state index in [1.807, 2.05) is 6.92 Å². The summed E-state index contributed by atoms with van der Waals surface area (Å²) in [5, 5.41) is 14.1. The second-order valence-electron chi connectivity index (χ2n) is 4.29. The fraction of sp³-hybridized carbons (Fsp3) is 0.286. The lowest BCUT2D eigenvalue weighted by atomic mass is 10.1. The molecule has 5 nitrogen and oxygen atoms in total. The van der Waals surface area contributed by atoms with Crippen molar-refractivity contribution in [3.8, 4) is 0 Å². The fourth-order valence-electron chi connectivity index (χ4n) is 1.63. The van der Waals surface area contributed by atoms with Gasteiger partial charge in [0.25, 0.3) is 0 Å². The summed E-state index contributed by atoms with van der Waals surface area (Å²) in [5.41, 5.74) is 1.21. The van der Waals surface area contributed by atoms with Crippen molar-refractivity contribution < 1.29 is 14.7 Å². The lowest BCUT2D eigenvalue weighted by Crippen LogP contribution is -2.35. The molecule has 1 atom stereocenters. The number of rotatable bonds is 6. The minimum atomic E-state index is -0.902. The molecule has 1 unspecified atom stereocenters. The third-order valence-electron chi connectivity index (χ3n) is 2.44. The topological polar surface area (TPSA) is 78.4 Å². The standard InChI is InChI=1S/C14H18N2O3/c1-3-5-10(2)15-14(19)16-12-7-4-6-11(8-12)9-13(17)18/h3-4,6-8,10H,1,5,9H2,2H3,(H,17,18)(H2,15,16,19). The summed E-state index contributed by atoms with van der Waals surface area (Å²) in [7, 11) is 0. The van der Waals surface area contributed by atoms with E-state index in [9.17, 15) is 9.59 Å². The second kappa shape index (κ2) is 7.20. The van der Waals surface area contributed by atoms with Crippen molar-refractivity contribution in [3.05, 3.63) is 42.5 Å². The third-order valence-corrected chi connectivity index (χ3v) is 2.44. The molecule has 5 heteroatoms. The number of amides is 2. The Labute approximate surface area is 112 Å². The lowest BCUT2D eigenvalue weighted by Gasteiger charge is -2.13. The van der Waals surface area contributed by atoms with E-state index in [2.05, 4.69) is 17.2 Å². The largest absolute Gasteiger partial charge is 0.481 e. The summed E-state index contributed by atoms with van der Waals surface area (Å²) in [6, 6.07) is 6.45. The molecule has 1 aromatic carbocycles. The van der Waals surface area contributed by atoms with Crippen LogP contribution in [0.4, 0.5) is 10.5 Å². The number of urea groups is 1. The van der Waals surface area contributed by atoms with Gasteiger partial charge in [-0.25, -0.2) is 4.79 Å². The smallest absolute Gasteiger partial charge is 0.319 e. The van der Waals surface area contributed by atoms with E-state index in [1.165, 1.54) is 0 Å². The van der Waals surface area contributed by atoms with Gasteiger partial charge in [0.05, 0.1) is 6.42 Å². The first-order valence-corrected chi connectivity index (χ1v) is 6.00. The highest BCUT2D eigenvalue weighted by Crippen LogP contribution is 2.11. The van der Waals surface area contributed by atoms with Crippen LogP contribution < -0.4 is 10.6 Å². The number of carbonyl (C=O) groups is 2. The van der Waals surface area contributed by atoms with E-state index in [1.54, 1.807) is 30.3 Å². The van der Waals surface area contributed by atoms with E-state index in [-0.39, 0.29) is 18.5 Å². The molecule has 0 fully saturated rings. The van der Waals surface area contributed by atoms with Crippen LogP contribution in [0.2, 0.25) is 0 Å². The van der Waals surface area contributed by atoms with Crippen molar-refractivity contribution in [3.63, 3.8) is 0 Å². The van der Waals surface area contributed by atoms with Crippen molar-refractivity contribution >= 4 is 17.7 Å². The van der Waals surface area contributed by atoms with Gasteiger partial charge in [0.1, 0.15) is 0 Å². The number of carbonyl (C=O) groups excluding carboxylic acids is 1. The predicted octanol–water partition coefficient (Wildman–Crippen LogP) is 2.40. The molecule has 2 amide bonds. The molecule has 0 bridgehead atoms. The number of benzene rings is 1. The van der Waals surface area contributed by atoms with Gasteiger partial charge in [-0.3, -0.25) is 4.79 Å². The van der Waals surface area contributed by atoms with Crippen LogP contribution in [0.3, 0.4) is 0 Å². The molecule has 3 N–H and O–H groups in total. The molecule has 0 radical (unpaired) electrons. The van der Waals surface area contributed by atoms with E-state index < -0.39 is 5.97 Å². The van der Waals surface area contributed by atoms with Gasteiger partial charge in [0.15, 0.2) is 0 Å². The third kappa shape index (κ3) is 5.72. The second-order valence-corrected chi connectivity index (χ2v) is 4.29. The van der Waals surface area contributed by atoms with Crippen LogP contribution in [0, 0.1) is 0 Å². The van der Waals surface area contributed by atoms with Crippen LogP contribution in [0.15, 0.2) is 36.9 Å². The van der Waals surface area contributed by atoms with Crippen molar-refractivity contribution in [1.29, 1.82) is 0 Å². The number of carboxylic acids is 1. The molecule has 0 aliphatic heterocycles. The van der Waals surface area contributed by atoms with Crippen molar-refractivity contribution in [2.24, 2.45) is 0 Å². The normalized spacial score (nSPS) is 11.4. The zero-order chi connectivity index (χ0) is 14.3. The molecular weight excluding hydrogens is 244 g/mol. The van der Waals surface area contributed by atoms with Crippen LogP contribution in [0.25, 0.3) is 0 Å². The average Bonchev–Trinajstić information content (AvgIpc) is 2.28. The maximum atomic E-state index is 11.7. The Bertz CT molecular complexity index is 472. The van der Waals surface area contributed by atoms with E-state index >= 15 is 0 Å². The van der Waals surface area contributed by atoms with Gasteiger partial charge in [0.2, 0.25) is 0 Å². The molecule has 19 heavy (non-hydrogen) atoms. The Morgan fingerprint density at radius 3 is 2.84 bits per heavy atom. The van der Waals surface area contributed by atoms with Gasteiger partial charge in [-0.1, -0.05) is 18.2 Å². The minimum absolute atomic E-state index is 0.000276. The average molecular weight is 262 g/mol. The summed E-state index contributed by atoms with van der Waals surface area (Å²) in [6.07, 6.45) is 2.36. The summed E-state index contributed by atoms with van der Waals surface area (Å²) in [6.45, 7) is 5.48. The first kappa shape index (κ1) is 14.8. The van der Waals surface area contributed by atoms with Crippen molar-refractivity contribution in [2.45, 2.75) is 25.8 Å². The van der Waals surface area contributed by atoms with E-state index in [0.717, 1.165) is 0 Å². The molecule has 102 valence electrons. The van der Waals surface area contributed by atoms with Crippen molar-refractivity contribution in [2.75, 3.05) is 5.32 Å². The molecule has 0 aliphatic carbocycles. The Hall–Kier alpha value is -2.30. The molecule has 0 heterocycles. The van der Waals surface area contributed by atoms with Crippen molar-refractivity contribution in [1.82, 2.24) is 5.32 Å². The number of anilines is 1.